The number of hydrogen-bond donors (Lipinski definition) is 1. The first-order valence-corrected chi connectivity index (χ1v) is 9.06. The molecule has 1 aliphatic heterocycles. The quantitative estimate of drug-likeness (QED) is 0.766. The van der Waals surface area contributed by atoms with Crippen LogP contribution in [0.1, 0.15) is 34.9 Å². The highest BCUT2D eigenvalue weighted by Gasteiger charge is 2.28. The predicted octanol–water partition coefficient (Wildman–Crippen LogP) is 1.94. The van der Waals surface area contributed by atoms with Crippen molar-refractivity contribution >= 4 is 22.7 Å². The van der Waals surface area contributed by atoms with Crippen molar-refractivity contribution in [1.82, 2.24) is 19.4 Å². The zero-order chi connectivity index (χ0) is 18.8. The van der Waals surface area contributed by atoms with E-state index < -0.39 is 5.91 Å². The van der Waals surface area contributed by atoms with Gasteiger partial charge in [-0.1, -0.05) is 18.2 Å². The molecule has 3 aromatic rings. The van der Waals surface area contributed by atoms with Crippen molar-refractivity contribution in [3.63, 3.8) is 0 Å². The number of imidazole rings is 1. The monoisotopic (exact) mass is 363 g/mol. The summed E-state index contributed by atoms with van der Waals surface area (Å²) in [5, 5.41) is 0.863. The van der Waals surface area contributed by atoms with Crippen molar-refractivity contribution in [3.05, 3.63) is 60.3 Å². The number of para-hydroxylation sites is 1. The van der Waals surface area contributed by atoms with Gasteiger partial charge in [0.2, 0.25) is 5.91 Å². The van der Waals surface area contributed by atoms with Crippen molar-refractivity contribution in [2.45, 2.75) is 25.3 Å². The first-order valence-electron chi connectivity index (χ1n) is 9.06. The molecule has 0 aliphatic carbocycles. The third-order valence-electron chi connectivity index (χ3n) is 5.03. The fourth-order valence-electron chi connectivity index (χ4n) is 3.81. The summed E-state index contributed by atoms with van der Waals surface area (Å²) in [5.41, 5.74) is 6.81. The van der Waals surface area contributed by atoms with Gasteiger partial charge in [-0.2, -0.15) is 0 Å². The van der Waals surface area contributed by atoms with Gasteiger partial charge in [0.25, 0.3) is 5.91 Å². The van der Waals surface area contributed by atoms with Gasteiger partial charge in [-0.15, -0.1) is 0 Å². The molecule has 3 heterocycles. The van der Waals surface area contributed by atoms with Crippen LogP contribution in [0.25, 0.3) is 10.9 Å². The second kappa shape index (κ2) is 7.19. The minimum atomic E-state index is -0.402. The molecule has 1 aliphatic rings. The van der Waals surface area contributed by atoms with E-state index in [-0.39, 0.29) is 18.4 Å². The average molecular weight is 363 g/mol. The zero-order valence-corrected chi connectivity index (χ0v) is 14.9. The van der Waals surface area contributed by atoms with E-state index in [0.717, 1.165) is 29.6 Å². The van der Waals surface area contributed by atoms with E-state index in [9.17, 15) is 9.59 Å². The summed E-state index contributed by atoms with van der Waals surface area (Å²) >= 11 is 0. The number of amides is 2. The number of likely N-dealkylation sites (tertiary alicyclic amines) is 1. The van der Waals surface area contributed by atoms with Crippen LogP contribution < -0.4 is 5.73 Å². The molecule has 0 radical (unpaired) electrons. The number of piperidine rings is 1. The molecule has 4 rings (SSSR count). The lowest BCUT2D eigenvalue weighted by molar-refractivity contribution is -0.118. The summed E-state index contributed by atoms with van der Waals surface area (Å²) in [4.78, 5) is 35.1. The maximum atomic E-state index is 13.2. The fourth-order valence-corrected chi connectivity index (χ4v) is 3.81. The molecule has 27 heavy (non-hydrogen) atoms. The number of hydrogen-bond acceptors (Lipinski definition) is 4. The topological polar surface area (TPSA) is 94.1 Å². The predicted molar refractivity (Wildman–Crippen MR) is 101 cm³/mol. The maximum Gasteiger partial charge on any atom is 0.254 e. The third-order valence-corrected chi connectivity index (χ3v) is 5.03. The van der Waals surface area contributed by atoms with E-state index in [1.807, 2.05) is 29.2 Å². The Kier molecular flexibility index (Phi) is 4.58. The Morgan fingerprint density at radius 1 is 1.15 bits per heavy atom. The number of nitrogens with zero attached hydrogens (tertiary/aromatic N) is 4. The van der Waals surface area contributed by atoms with Crippen LogP contribution in [0.2, 0.25) is 0 Å². The molecule has 1 saturated heterocycles. The van der Waals surface area contributed by atoms with Gasteiger partial charge in [0.1, 0.15) is 12.4 Å². The van der Waals surface area contributed by atoms with Crippen LogP contribution in [-0.4, -0.2) is 44.3 Å². The number of carbonyl (C=O) groups excluding carboxylic acids is 2. The van der Waals surface area contributed by atoms with Crippen LogP contribution >= 0.6 is 0 Å². The second-order valence-corrected chi connectivity index (χ2v) is 6.85. The Balaban J connectivity index is 1.59. The summed E-state index contributed by atoms with van der Waals surface area (Å²) in [7, 11) is 0. The van der Waals surface area contributed by atoms with Crippen LogP contribution in [0.5, 0.6) is 0 Å². The molecule has 7 heteroatoms. The van der Waals surface area contributed by atoms with Gasteiger partial charge in [0.05, 0.1) is 11.1 Å². The number of nitrogens with two attached hydrogens (primary N) is 1. The van der Waals surface area contributed by atoms with Crippen LogP contribution in [0, 0.1) is 0 Å². The van der Waals surface area contributed by atoms with E-state index in [4.69, 9.17) is 5.73 Å². The van der Waals surface area contributed by atoms with Crippen molar-refractivity contribution in [1.29, 1.82) is 0 Å². The molecule has 0 saturated carbocycles. The van der Waals surface area contributed by atoms with Crippen molar-refractivity contribution in [3.8, 4) is 0 Å². The first-order chi connectivity index (χ1) is 13.1. The third kappa shape index (κ3) is 3.40. The SMILES string of the molecule is NC(=O)Cn1ccnc1[C@H]1CCCN(C(=O)c2ccnc3ccccc23)C1. The molecule has 138 valence electrons. The van der Waals surface area contributed by atoms with Gasteiger partial charge < -0.3 is 15.2 Å². The van der Waals surface area contributed by atoms with Crippen LogP contribution in [0.3, 0.4) is 0 Å². The molecule has 1 aromatic carbocycles. The van der Waals surface area contributed by atoms with Gasteiger partial charge >= 0.3 is 0 Å². The van der Waals surface area contributed by atoms with Gasteiger partial charge in [-0.05, 0) is 25.0 Å². The average Bonchev–Trinajstić information content (AvgIpc) is 3.14. The van der Waals surface area contributed by atoms with E-state index in [1.165, 1.54) is 0 Å². The number of carbonyl (C=O) groups is 2. The molecule has 0 spiro atoms. The molecule has 0 bridgehead atoms. The summed E-state index contributed by atoms with van der Waals surface area (Å²) in [6.45, 7) is 1.39. The standard InChI is InChI=1S/C20H21N5O2/c21-18(26)13-24-11-9-23-19(24)14-4-3-10-25(12-14)20(27)16-7-8-22-17-6-2-1-5-15(16)17/h1-2,5-9,11,14H,3-4,10,12-13H2,(H2,21,26)/t14-/m0/s1. The number of benzene rings is 1. The summed E-state index contributed by atoms with van der Waals surface area (Å²) in [6, 6.07) is 9.45. The zero-order valence-electron chi connectivity index (χ0n) is 14.9. The number of fused-ring (bicyclic) bond motifs is 1. The minimum Gasteiger partial charge on any atom is -0.368 e. The van der Waals surface area contributed by atoms with Gasteiger partial charge in [0.15, 0.2) is 0 Å². The fraction of sp³-hybridized carbons (Fsp3) is 0.300. The largest absolute Gasteiger partial charge is 0.368 e. The highest BCUT2D eigenvalue weighted by molar-refractivity contribution is 6.06. The van der Waals surface area contributed by atoms with E-state index in [0.29, 0.717) is 18.7 Å². The van der Waals surface area contributed by atoms with Crippen LogP contribution in [0.4, 0.5) is 0 Å². The molecule has 2 N–H and O–H groups in total. The number of aromatic nitrogens is 3. The molecule has 0 unspecified atom stereocenters. The Labute approximate surface area is 156 Å². The van der Waals surface area contributed by atoms with Crippen LogP contribution in [0.15, 0.2) is 48.9 Å². The highest BCUT2D eigenvalue weighted by Crippen LogP contribution is 2.28. The smallest absolute Gasteiger partial charge is 0.254 e. The molecular weight excluding hydrogens is 342 g/mol. The lowest BCUT2D eigenvalue weighted by Crippen LogP contribution is -2.40. The normalized spacial score (nSPS) is 17.2. The van der Waals surface area contributed by atoms with Crippen molar-refractivity contribution in [2.24, 2.45) is 5.73 Å². The first kappa shape index (κ1) is 17.2. The number of pyridine rings is 1. The summed E-state index contributed by atoms with van der Waals surface area (Å²) < 4.78 is 1.78. The Bertz CT molecular complexity index is 991. The molecular formula is C20H21N5O2. The molecule has 2 amide bonds. The molecule has 7 nitrogen and oxygen atoms in total. The lowest BCUT2D eigenvalue weighted by Gasteiger charge is -2.33. The van der Waals surface area contributed by atoms with Crippen LogP contribution in [-0.2, 0) is 11.3 Å². The highest BCUT2D eigenvalue weighted by atomic mass is 16.2. The Hall–Kier alpha value is -3.22. The molecule has 1 atom stereocenters. The van der Waals surface area contributed by atoms with E-state index in [2.05, 4.69) is 9.97 Å². The molecule has 1 fully saturated rings. The van der Waals surface area contributed by atoms with Gasteiger partial charge in [-0.25, -0.2) is 4.98 Å². The summed E-state index contributed by atoms with van der Waals surface area (Å²) in [6.07, 6.45) is 6.93. The maximum absolute atomic E-state index is 13.2. The number of primary amides is 1. The lowest BCUT2D eigenvalue weighted by atomic mass is 9.96. The summed E-state index contributed by atoms with van der Waals surface area (Å²) in [5.74, 6) is 0.503. The van der Waals surface area contributed by atoms with Gasteiger partial charge in [0, 0.05) is 43.0 Å². The Morgan fingerprint density at radius 3 is 2.85 bits per heavy atom. The van der Waals surface area contributed by atoms with E-state index >= 15 is 0 Å². The van der Waals surface area contributed by atoms with Crippen molar-refractivity contribution in [2.75, 3.05) is 13.1 Å². The second-order valence-electron chi connectivity index (χ2n) is 6.85. The van der Waals surface area contributed by atoms with Gasteiger partial charge in [-0.3, -0.25) is 14.6 Å². The Morgan fingerprint density at radius 2 is 2.00 bits per heavy atom. The molecule has 2 aromatic heterocycles. The van der Waals surface area contributed by atoms with Crippen molar-refractivity contribution < 1.29 is 9.59 Å². The van der Waals surface area contributed by atoms with E-state index in [1.54, 1.807) is 29.2 Å². The minimum absolute atomic E-state index is 0.00584. The number of rotatable bonds is 4.